The van der Waals surface area contributed by atoms with Crippen molar-refractivity contribution in [1.29, 1.82) is 0 Å². The molecule has 2 nitrogen and oxygen atoms in total. The predicted octanol–water partition coefficient (Wildman–Crippen LogP) is 0.146. The number of carbonyl (C=O) groups is 1. The van der Waals surface area contributed by atoms with Crippen LogP contribution in [0.3, 0.4) is 0 Å². The quantitative estimate of drug-likeness (QED) is 0.656. The van der Waals surface area contributed by atoms with Gasteiger partial charge in [-0.15, -0.1) is 0 Å². The molecule has 0 bridgehead atoms. The van der Waals surface area contributed by atoms with Crippen LogP contribution in [-0.2, 0) is 0 Å². The van der Waals surface area contributed by atoms with Gasteiger partial charge in [0.1, 0.15) is 7.85 Å². The van der Waals surface area contributed by atoms with Crippen molar-refractivity contribution in [2.24, 2.45) is 0 Å². The molecule has 0 spiro atoms. The Morgan fingerprint density at radius 1 is 1.50 bits per heavy atom. The molecule has 2 rings (SSSR count). The molecule has 1 aliphatic rings. The average molecular weight is 187 g/mol. The zero-order chi connectivity index (χ0) is 10.1. The Hall–Kier alpha value is -1.25. The van der Waals surface area contributed by atoms with Crippen molar-refractivity contribution in [3.63, 3.8) is 0 Å². The van der Waals surface area contributed by atoms with Crippen molar-refractivity contribution in [1.82, 2.24) is 5.32 Å². The smallest absolute Gasteiger partial charge is 0.251 e. The maximum Gasteiger partial charge on any atom is 0.251 e. The topological polar surface area (TPSA) is 29.1 Å². The molecule has 1 fully saturated rings. The Morgan fingerprint density at radius 3 is 2.79 bits per heavy atom. The van der Waals surface area contributed by atoms with Gasteiger partial charge in [-0.25, -0.2) is 0 Å². The standard InChI is InChI=1S/C11H14BNO/c1-7-6-8(12)2-5-10(7)11(14)13-9-3-4-9/h2,5-6,9H,3-4,12H2,1H3,(H,13,14). The summed E-state index contributed by atoms with van der Waals surface area (Å²) in [5.74, 6) is 0.0741. The highest BCUT2D eigenvalue weighted by Gasteiger charge is 2.24. The first-order valence-corrected chi connectivity index (χ1v) is 5.05. The van der Waals surface area contributed by atoms with Crippen LogP contribution in [0, 0.1) is 6.92 Å². The van der Waals surface area contributed by atoms with Crippen molar-refractivity contribution in [2.75, 3.05) is 0 Å². The minimum atomic E-state index is 0.0741. The molecule has 0 saturated heterocycles. The van der Waals surface area contributed by atoms with Crippen molar-refractivity contribution in [3.05, 3.63) is 29.3 Å². The summed E-state index contributed by atoms with van der Waals surface area (Å²) < 4.78 is 0. The Bertz CT molecular complexity index is 372. The third-order valence-electron chi connectivity index (χ3n) is 2.54. The minimum Gasteiger partial charge on any atom is -0.349 e. The van der Waals surface area contributed by atoms with Gasteiger partial charge in [-0.2, -0.15) is 0 Å². The molecule has 1 amide bonds. The summed E-state index contributed by atoms with van der Waals surface area (Å²) >= 11 is 0. The summed E-state index contributed by atoms with van der Waals surface area (Å²) in [4.78, 5) is 11.7. The first-order valence-electron chi connectivity index (χ1n) is 5.05. The maximum atomic E-state index is 11.7. The van der Waals surface area contributed by atoms with E-state index in [-0.39, 0.29) is 5.91 Å². The zero-order valence-corrected chi connectivity index (χ0v) is 8.63. The lowest BCUT2D eigenvalue weighted by atomic mass is 9.92. The Kier molecular flexibility index (Phi) is 2.32. The Labute approximate surface area is 85.1 Å². The fourth-order valence-corrected chi connectivity index (χ4v) is 1.56. The van der Waals surface area contributed by atoms with Crippen LogP contribution in [0.4, 0.5) is 0 Å². The van der Waals surface area contributed by atoms with Gasteiger partial charge in [-0.05, 0) is 31.4 Å². The van der Waals surface area contributed by atoms with Gasteiger partial charge in [0, 0.05) is 11.6 Å². The fraction of sp³-hybridized carbons (Fsp3) is 0.364. The van der Waals surface area contributed by atoms with Crippen LogP contribution in [0.2, 0.25) is 0 Å². The first-order chi connectivity index (χ1) is 6.66. The van der Waals surface area contributed by atoms with Gasteiger partial charge in [-0.1, -0.05) is 17.6 Å². The number of nitrogens with one attached hydrogen (secondary N) is 1. The molecular formula is C11H14BNO. The molecule has 1 aromatic rings. The van der Waals surface area contributed by atoms with Gasteiger partial charge in [0.05, 0.1) is 0 Å². The summed E-state index contributed by atoms with van der Waals surface area (Å²) in [6.07, 6.45) is 2.27. The van der Waals surface area contributed by atoms with E-state index < -0.39 is 0 Å². The van der Waals surface area contributed by atoms with E-state index in [1.54, 1.807) is 0 Å². The van der Waals surface area contributed by atoms with Crippen LogP contribution >= 0.6 is 0 Å². The Morgan fingerprint density at radius 2 is 2.21 bits per heavy atom. The summed E-state index contributed by atoms with van der Waals surface area (Å²) in [6, 6.07) is 6.36. The molecule has 72 valence electrons. The lowest BCUT2D eigenvalue weighted by Crippen LogP contribution is -2.26. The van der Waals surface area contributed by atoms with Crippen LogP contribution in [0.1, 0.15) is 28.8 Å². The molecule has 0 atom stereocenters. The van der Waals surface area contributed by atoms with Crippen molar-refractivity contribution in [3.8, 4) is 0 Å². The van der Waals surface area contributed by atoms with Crippen molar-refractivity contribution in [2.45, 2.75) is 25.8 Å². The van der Waals surface area contributed by atoms with E-state index in [0.29, 0.717) is 6.04 Å². The van der Waals surface area contributed by atoms with Crippen molar-refractivity contribution < 1.29 is 4.79 Å². The van der Waals surface area contributed by atoms with Crippen LogP contribution in [0.5, 0.6) is 0 Å². The number of hydrogen-bond acceptors (Lipinski definition) is 1. The van der Waals surface area contributed by atoms with E-state index in [1.807, 2.05) is 33.0 Å². The van der Waals surface area contributed by atoms with Gasteiger partial charge in [0.25, 0.3) is 5.91 Å². The minimum absolute atomic E-state index is 0.0741. The SMILES string of the molecule is Bc1ccc(C(=O)NC2CC2)c(C)c1. The van der Waals surface area contributed by atoms with Crippen molar-refractivity contribution >= 4 is 19.2 Å². The second-order valence-corrected chi connectivity index (χ2v) is 4.07. The van der Waals surface area contributed by atoms with Crippen LogP contribution in [-0.4, -0.2) is 19.8 Å². The normalized spacial score (nSPS) is 15.2. The zero-order valence-electron chi connectivity index (χ0n) is 8.63. The lowest BCUT2D eigenvalue weighted by Gasteiger charge is -2.07. The number of amides is 1. The van der Waals surface area contributed by atoms with E-state index >= 15 is 0 Å². The van der Waals surface area contributed by atoms with E-state index in [0.717, 1.165) is 24.0 Å². The molecule has 1 N–H and O–H groups in total. The van der Waals surface area contributed by atoms with Gasteiger partial charge in [-0.3, -0.25) is 4.79 Å². The largest absolute Gasteiger partial charge is 0.349 e. The highest BCUT2D eigenvalue weighted by Crippen LogP contribution is 2.19. The molecule has 1 saturated carbocycles. The monoisotopic (exact) mass is 187 g/mol. The summed E-state index contributed by atoms with van der Waals surface area (Å²) in [6.45, 7) is 1.98. The number of rotatable bonds is 2. The highest BCUT2D eigenvalue weighted by atomic mass is 16.1. The van der Waals surface area contributed by atoms with Gasteiger partial charge in [0.15, 0.2) is 0 Å². The molecule has 0 radical (unpaired) electrons. The molecule has 0 unspecified atom stereocenters. The Balaban J connectivity index is 2.17. The summed E-state index contributed by atoms with van der Waals surface area (Å²) in [7, 11) is 2.04. The van der Waals surface area contributed by atoms with Crippen LogP contribution in [0.15, 0.2) is 18.2 Å². The molecule has 0 aliphatic heterocycles. The van der Waals surface area contributed by atoms with E-state index in [2.05, 4.69) is 5.32 Å². The third-order valence-corrected chi connectivity index (χ3v) is 2.54. The van der Waals surface area contributed by atoms with E-state index in [9.17, 15) is 4.79 Å². The molecule has 1 aromatic carbocycles. The van der Waals surface area contributed by atoms with Crippen LogP contribution < -0.4 is 10.8 Å². The van der Waals surface area contributed by atoms with Crippen LogP contribution in [0.25, 0.3) is 0 Å². The second kappa shape index (κ2) is 3.48. The molecule has 1 aliphatic carbocycles. The molecule has 3 heteroatoms. The molecule has 0 heterocycles. The number of carbonyl (C=O) groups excluding carboxylic acids is 1. The molecule has 14 heavy (non-hydrogen) atoms. The molecule has 0 aromatic heterocycles. The third kappa shape index (κ3) is 1.98. The molecular weight excluding hydrogens is 173 g/mol. The lowest BCUT2D eigenvalue weighted by molar-refractivity contribution is 0.0950. The predicted molar refractivity (Wildman–Crippen MR) is 59.8 cm³/mol. The number of aryl methyl sites for hydroxylation is 1. The van der Waals surface area contributed by atoms with Gasteiger partial charge in [0.2, 0.25) is 0 Å². The highest BCUT2D eigenvalue weighted by molar-refractivity contribution is 6.32. The second-order valence-electron chi connectivity index (χ2n) is 4.07. The first kappa shape index (κ1) is 9.32. The average Bonchev–Trinajstić information content (AvgIpc) is 2.87. The van der Waals surface area contributed by atoms with E-state index in [4.69, 9.17) is 0 Å². The summed E-state index contributed by atoms with van der Waals surface area (Å²) in [5, 5.41) is 2.99. The van der Waals surface area contributed by atoms with Gasteiger partial charge >= 0.3 is 0 Å². The maximum absolute atomic E-state index is 11.7. The number of benzene rings is 1. The summed E-state index contributed by atoms with van der Waals surface area (Å²) in [5.41, 5.74) is 3.07. The van der Waals surface area contributed by atoms with Gasteiger partial charge < -0.3 is 5.32 Å². The number of hydrogen-bond donors (Lipinski definition) is 1. The van der Waals surface area contributed by atoms with E-state index in [1.165, 1.54) is 5.46 Å². The fourth-order valence-electron chi connectivity index (χ4n) is 1.56.